The standard InChI is InChI=1S/C18H27NO3/c1-14(2)13-22-17(20)12-19-10-8-16(9-11-19)18(21)15-6-4-3-5-7-15/h3-7,14,16,18,21H,8-13H2,1-2H3. The lowest BCUT2D eigenvalue weighted by atomic mass is 9.87. The molecule has 0 aliphatic carbocycles. The van der Waals surface area contributed by atoms with E-state index in [-0.39, 0.29) is 11.9 Å². The molecule has 1 aliphatic heterocycles. The van der Waals surface area contributed by atoms with Crippen LogP contribution < -0.4 is 0 Å². The number of likely N-dealkylation sites (tertiary alicyclic amines) is 1. The molecule has 22 heavy (non-hydrogen) atoms. The van der Waals surface area contributed by atoms with Crippen LogP contribution in [0.25, 0.3) is 0 Å². The van der Waals surface area contributed by atoms with Crippen LogP contribution in [-0.4, -0.2) is 42.2 Å². The van der Waals surface area contributed by atoms with Crippen molar-refractivity contribution in [2.45, 2.75) is 32.8 Å². The molecule has 1 heterocycles. The quantitative estimate of drug-likeness (QED) is 0.821. The molecule has 0 amide bonds. The van der Waals surface area contributed by atoms with Gasteiger partial charge in [0.25, 0.3) is 0 Å². The normalized spacial score (nSPS) is 18.4. The average Bonchev–Trinajstić information content (AvgIpc) is 2.54. The lowest BCUT2D eigenvalue weighted by Crippen LogP contribution is -2.39. The molecule has 1 aromatic carbocycles. The van der Waals surface area contributed by atoms with E-state index in [0.29, 0.717) is 19.1 Å². The predicted octanol–water partition coefficient (Wildman–Crippen LogP) is 2.63. The second kappa shape index (κ2) is 8.30. The number of hydrogen-bond acceptors (Lipinski definition) is 4. The van der Waals surface area contributed by atoms with Crippen molar-refractivity contribution in [3.8, 4) is 0 Å². The number of ether oxygens (including phenoxy) is 1. The number of piperidine rings is 1. The number of benzene rings is 1. The van der Waals surface area contributed by atoms with Crippen molar-refractivity contribution in [1.29, 1.82) is 0 Å². The number of rotatable bonds is 6. The molecule has 122 valence electrons. The molecule has 0 radical (unpaired) electrons. The Morgan fingerprint density at radius 3 is 2.50 bits per heavy atom. The summed E-state index contributed by atoms with van der Waals surface area (Å²) < 4.78 is 5.22. The van der Waals surface area contributed by atoms with E-state index in [4.69, 9.17) is 4.74 Å². The molecule has 2 rings (SSSR count). The van der Waals surface area contributed by atoms with E-state index < -0.39 is 6.10 Å². The van der Waals surface area contributed by atoms with Crippen LogP contribution in [-0.2, 0) is 9.53 Å². The van der Waals surface area contributed by atoms with Crippen LogP contribution in [0, 0.1) is 11.8 Å². The number of hydrogen-bond donors (Lipinski definition) is 1. The van der Waals surface area contributed by atoms with Crippen LogP contribution >= 0.6 is 0 Å². The molecule has 0 bridgehead atoms. The third-order valence-electron chi connectivity index (χ3n) is 4.15. The van der Waals surface area contributed by atoms with Crippen molar-refractivity contribution in [2.24, 2.45) is 11.8 Å². The van der Waals surface area contributed by atoms with Crippen LogP contribution in [0.15, 0.2) is 30.3 Å². The molecule has 0 saturated carbocycles. The molecule has 1 aromatic rings. The maximum absolute atomic E-state index is 11.7. The van der Waals surface area contributed by atoms with Crippen molar-refractivity contribution in [3.63, 3.8) is 0 Å². The SMILES string of the molecule is CC(C)COC(=O)CN1CCC(C(O)c2ccccc2)CC1. The Morgan fingerprint density at radius 1 is 1.27 bits per heavy atom. The number of carbonyl (C=O) groups excluding carboxylic acids is 1. The minimum atomic E-state index is -0.406. The second-order valence-corrected chi connectivity index (χ2v) is 6.55. The van der Waals surface area contributed by atoms with E-state index in [1.807, 2.05) is 44.2 Å². The molecule has 0 aromatic heterocycles. The van der Waals surface area contributed by atoms with E-state index in [0.717, 1.165) is 31.5 Å². The Labute approximate surface area is 133 Å². The van der Waals surface area contributed by atoms with Gasteiger partial charge in [-0.3, -0.25) is 9.69 Å². The maximum atomic E-state index is 11.7. The van der Waals surface area contributed by atoms with Crippen molar-refractivity contribution >= 4 is 5.97 Å². The van der Waals surface area contributed by atoms with Crippen molar-refractivity contribution in [2.75, 3.05) is 26.2 Å². The molecule has 4 heteroatoms. The third kappa shape index (κ3) is 5.11. The fourth-order valence-electron chi connectivity index (χ4n) is 2.84. The number of aliphatic hydroxyl groups is 1. The van der Waals surface area contributed by atoms with Gasteiger partial charge in [0.2, 0.25) is 0 Å². The summed E-state index contributed by atoms with van der Waals surface area (Å²) in [6.45, 7) is 6.59. The summed E-state index contributed by atoms with van der Waals surface area (Å²) in [5.74, 6) is 0.497. The zero-order chi connectivity index (χ0) is 15.9. The van der Waals surface area contributed by atoms with Crippen LogP contribution in [0.5, 0.6) is 0 Å². The van der Waals surface area contributed by atoms with Gasteiger partial charge in [-0.1, -0.05) is 44.2 Å². The van der Waals surface area contributed by atoms with Gasteiger partial charge in [0.15, 0.2) is 0 Å². The molecule has 1 fully saturated rings. The molecule has 1 unspecified atom stereocenters. The van der Waals surface area contributed by atoms with Gasteiger partial charge < -0.3 is 9.84 Å². The first-order valence-electron chi connectivity index (χ1n) is 8.17. The highest BCUT2D eigenvalue weighted by Gasteiger charge is 2.27. The fraction of sp³-hybridized carbons (Fsp3) is 0.611. The van der Waals surface area contributed by atoms with E-state index in [2.05, 4.69) is 4.90 Å². The predicted molar refractivity (Wildman–Crippen MR) is 86.4 cm³/mol. The summed E-state index contributed by atoms with van der Waals surface area (Å²) in [5, 5.41) is 10.4. The Balaban J connectivity index is 1.75. The lowest BCUT2D eigenvalue weighted by molar-refractivity contribution is -0.146. The monoisotopic (exact) mass is 305 g/mol. The smallest absolute Gasteiger partial charge is 0.320 e. The molecule has 1 aliphatic rings. The van der Waals surface area contributed by atoms with Gasteiger partial charge in [-0.15, -0.1) is 0 Å². The first-order chi connectivity index (χ1) is 10.6. The summed E-state index contributed by atoms with van der Waals surface area (Å²) in [6, 6.07) is 9.82. The largest absolute Gasteiger partial charge is 0.464 e. The summed E-state index contributed by atoms with van der Waals surface area (Å²) >= 11 is 0. The van der Waals surface area contributed by atoms with Crippen LogP contribution in [0.1, 0.15) is 38.4 Å². The topological polar surface area (TPSA) is 49.8 Å². The minimum Gasteiger partial charge on any atom is -0.464 e. The molecule has 4 nitrogen and oxygen atoms in total. The Morgan fingerprint density at radius 2 is 1.91 bits per heavy atom. The van der Waals surface area contributed by atoms with E-state index in [1.54, 1.807) is 0 Å². The molecule has 1 atom stereocenters. The summed E-state index contributed by atoms with van der Waals surface area (Å²) in [7, 11) is 0. The summed E-state index contributed by atoms with van der Waals surface area (Å²) in [6.07, 6.45) is 1.41. The van der Waals surface area contributed by atoms with E-state index in [9.17, 15) is 9.90 Å². The average molecular weight is 305 g/mol. The number of esters is 1. The second-order valence-electron chi connectivity index (χ2n) is 6.55. The van der Waals surface area contributed by atoms with Crippen molar-refractivity contribution in [1.82, 2.24) is 4.90 Å². The van der Waals surface area contributed by atoms with Gasteiger partial charge in [0, 0.05) is 0 Å². The zero-order valence-electron chi connectivity index (χ0n) is 13.6. The zero-order valence-corrected chi connectivity index (χ0v) is 13.6. The Hall–Kier alpha value is -1.39. The van der Waals surface area contributed by atoms with Crippen molar-refractivity contribution in [3.05, 3.63) is 35.9 Å². The molecule has 0 spiro atoms. The molecular formula is C18H27NO3. The van der Waals surface area contributed by atoms with Gasteiger partial charge in [-0.2, -0.15) is 0 Å². The highest BCUT2D eigenvalue weighted by molar-refractivity contribution is 5.71. The van der Waals surface area contributed by atoms with Crippen LogP contribution in [0.4, 0.5) is 0 Å². The summed E-state index contributed by atoms with van der Waals surface area (Å²) in [4.78, 5) is 13.9. The van der Waals surface area contributed by atoms with Gasteiger partial charge in [0.1, 0.15) is 0 Å². The highest BCUT2D eigenvalue weighted by Crippen LogP contribution is 2.30. The first kappa shape index (κ1) is 17.0. The molecule has 1 N–H and O–H groups in total. The Bertz CT molecular complexity index is 453. The van der Waals surface area contributed by atoms with Crippen LogP contribution in [0.2, 0.25) is 0 Å². The van der Waals surface area contributed by atoms with Crippen molar-refractivity contribution < 1.29 is 14.6 Å². The highest BCUT2D eigenvalue weighted by atomic mass is 16.5. The number of aliphatic hydroxyl groups excluding tert-OH is 1. The first-order valence-corrected chi connectivity index (χ1v) is 8.17. The van der Waals surface area contributed by atoms with Gasteiger partial charge in [-0.25, -0.2) is 0 Å². The van der Waals surface area contributed by atoms with Crippen LogP contribution in [0.3, 0.4) is 0 Å². The van der Waals surface area contributed by atoms with E-state index >= 15 is 0 Å². The fourth-order valence-corrected chi connectivity index (χ4v) is 2.84. The van der Waals surface area contributed by atoms with Gasteiger partial charge >= 0.3 is 5.97 Å². The number of nitrogens with zero attached hydrogens (tertiary/aromatic N) is 1. The summed E-state index contributed by atoms with van der Waals surface area (Å²) in [5.41, 5.74) is 0.984. The molecule has 1 saturated heterocycles. The lowest BCUT2D eigenvalue weighted by Gasteiger charge is -2.33. The maximum Gasteiger partial charge on any atom is 0.320 e. The van der Waals surface area contributed by atoms with Gasteiger partial charge in [-0.05, 0) is 43.3 Å². The number of carbonyl (C=O) groups is 1. The molecular weight excluding hydrogens is 278 g/mol. The van der Waals surface area contributed by atoms with E-state index in [1.165, 1.54) is 0 Å². The van der Waals surface area contributed by atoms with Gasteiger partial charge in [0.05, 0.1) is 19.3 Å². The minimum absolute atomic E-state index is 0.143. The third-order valence-corrected chi connectivity index (χ3v) is 4.15. The Kier molecular flexibility index (Phi) is 6.40.